The molecule has 1 aliphatic rings. The molecule has 2 heterocycles. The predicted molar refractivity (Wildman–Crippen MR) is 103 cm³/mol. The van der Waals surface area contributed by atoms with Crippen molar-refractivity contribution < 1.29 is 8.42 Å². The van der Waals surface area contributed by atoms with Crippen LogP contribution in [0.25, 0.3) is 11.0 Å². The van der Waals surface area contributed by atoms with Gasteiger partial charge in [0.05, 0.1) is 22.5 Å². The second-order valence-electron chi connectivity index (χ2n) is 6.70. The second kappa shape index (κ2) is 6.57. The monoisotopic (exact) mass is 418 g/mol. The third-order valence-corrected chi connectivity index (χ3v) is 7.15. The number of fused-ring (bicyclic) bond motifs is 1. The summed E-state index contributed by atoms with van der Waals surface area (Å²) in [6.45, 7) is 0.739. The van der Waals surface area contributed by atoms with Gasteiger partial charge < -0.3 is 4.57 Å². The average Bonchev–Trinajstić information content (AvgIpc) is 3.10. The first-order chi connectivity index (χ1) is 12.0. The van der Waals surface area contributed by atoms with E-state index < -0.39 is 9.84 Å². The first-order valence-electron chi connectivity index (χ1n) is 8.39. The molecule has 0 bridgehead atoms. The maximum absolute atomic E-state index is 11.8. The summed E-state index contributed by atoms with van der Waals surface area (Å²) in [5, 5.41) is 0. The van der Waals surface area contributed by atoms with E-state index in [1.165, 1.54) is 5.56 Å². The van der Waals surface area contributed by atoms with E-state index in [1.807, 2.05) is 30.3 Å². The zero-order valence-electron chi connectivity index (χ0n) is 13.7. The van der Waals surface area contributed by atoms with Gasteiger partial charge in [0.25, 0.3) is 0 Å². The van der Waals surface area contributed by atoms with Crippen LogP contribution in [-0.2, 0) is 22.8 Å². The number of nitrogens with zero attached hydrogens (tertiary/aromatic N) is 2. The number of hydrogen-bond donors (Lipinski definition) is 0. The van der Waals surface area contributed by atoms with Gasteiger partial charge in [0, 0.05) is 17.4 Å². The van der Waals surface area contributed by atoms with Crippen LogP contribution in [0.15, 0.2) is 53.0 Å². The van der Waals surface area contributed by atoms with E-state index >= 15 is 0 Å². The van der Waals surface area contributed by atoms with Gasteiger partial charge in [-0.2, -0.15) is 0 Å². The number of benzene rings is 2. The molecule has 4 nitrogen and oxygen atoms in total. The van der Waals surface area contributed by atoms with Crippen molar-refractivity contribution in [2.45, 2.75) is 19.4 Å². The molecule has 2 aromatic carbocycles. The van der Waals surface area contributed by atoms with Crippen LogP contribution in [0.3, 0.4) is 0 Å². The van der Waals surface area contributed by atoms with Gasteiger partial charge in [0.15, 0.2) is 9.84 Å². The van der Waals surface area contributed by atoms with Crippen LogP contribution in [0.1, 0.15) is 17.8 Å². The van der Waals surface area contributed by atoms with Crippen molar-refractivity contribution in [3.63, 3.8) is 0 Å². The molecule has 0 spiro atoms. The standard InChI is InChI=1S/C19H19BrN2O2S/c20-16-7-5-14(6-8-16)12-22-18-4-2-1-3-17(18)21-19(22)11-15-9-10-25(23,24)13-15/h1-8,15H,9-13H2. The molecule has 6 heteroatoms. The van der Waals surface area contributed by atoms with E-state index in [0.717, 1.165) is 34.3 Å². The summed E-state index contributed by atoms with van der Waals surface area (Å²) in [4.78, 5) is 4.80. The molecular formula is C19H19BrN2O2S. The quantitative estimate of drug-likeness (QED) is 0.646. The van der Waals surface area contributed by atoms with Crippen molar-refractivity contribution in [3.05, 3.63) is 64.4 Å². The molecule has 1 unspecified atom stereocenters. The Labute approximate surface area is 155 Å². The minimum atomic E-state index is -2.86. The minimum absolute atomic E-state index is 0.172. The van der Waals surface area contributed by atoms with E-state index in [0.29, 0.717) is 12.2 Å². The second-order valence-corrected chi connectivity index (χ2v) is 9.85. The van der Waals surface area contributed by atoms with Gasteiger partial charge in [0.1, 0.15) is 5.82 Å². The number of sulfone groups is 1. The lowest BCUT2D eigenvalue weighted by atomic mass is 10.0. The number of hydrogen-bond acceptors (Lipinski definition) is 3. The first-order valence-corrected chi connectivity index (χ1v) is 11.0. The fourth-order valence-electron chi connectivity index (χ4n) is 3.52. The largest absolute Gasteiger partial charge is 0.323 e. The van der Waals surface area contributed by atoms with Crippen molar-refractivity contribution in [1.29, 1.82) is 0 Å². The molecule has 1 saturated heterocycles. The maximum atomic E-state index is 11.8. The Hall–Kier alpha value is -1.66. The first kappa shape index (κ1) is 16.8. The van der Waals surface area contributed by atoms with Gasteiger partial charge in [-0.1, -0.05) is 40.2 Å². The number of halogens is 1. The lowest BCUT2D eigenvalue weighted by molar-refractivity contribution is 0.554. The fraction of sp³-hybridized carbons (Fsp3) is 0.316. The van der Waals surface area contributed by atoms with Crippen molar-refractivity contribution in [3.8, 4) is 0 Å². The zero-order valence-corrected chi connectivity index (χ0v) is 16.1. The summed E-state index contributed by atoms with van der Waals surface area (Å²) in [6, 6.07) is 16.4. The zero-order chi connectivity index (χ0) is 17.4. The highest BCUT2D eigenvalue weighted by Crippen LogP contribution is 2.25. The van der Waals surface area contributed by atoms with E-state index in [-0.39, 0.29) is 11.7 Å². The summed E-state index contributed by atoms with van der Waals surface area (Å²) >= 11 is 3.47. The molecular weight excluding hydrogens is 400 g/mol. The van der Waals surface area contributed by atoms with Crippen LogP contribution in [-0.4, -0.2) is 29.5 Å². The van der Waals surface area contributed by atoms with Crippen molar-refractivity contribution in [2.75, 3.05) is 11.5 Å². The number of rotatable bonds is 4. The van der Waals surface area contributed by atoms with Gasteiger partial charge in [-0.15, -0.1) is 0 Å². The van der Waals surface area contributed by atoms with Gasteiger partial charge in [0.2, 0.25) is 0 Å². The highest BCUT2D eigenvalue weighted by atomic mass is 79.9. The Morgan fingerprint density at radius 1 is 1.12 bits per heavy atom. The summed E-state index contributed by atoms with van der Waals surface area (Å²) in [6.07, 6.45) is 1.45. The van der Waals surface area contributed by atoms with Crippen molar-refractivity contribution in [1.82, 2.24) is 9.55 Å². The highest BCUT2D eigenvalue weighted by molar-refractivity contribution is 9.10. The SMILES string of the molecule is O=S1(=O)CCC(Cc2nc3ccccc3n2Cc2ccc(Br)cc2)C1. The van der Waals surface area contributed by atoms with Gasteiger partial charge >= 0.3 is 0 Å². The van der Waals surface area contributed by atoms with E-state index in [1.54, 1.807) is 0 Å². The topological polar surface area (TPSA) is 52.0 Å². The summed E-state index contributed by atoms with van der Waals surface area (Å²) in [7, 11) is -2.86. The molecule has 0 radical (unpaired) electrons. The molecule has 4 rings (SSSR count). The summed E-state index contributed by atoms with van der Waals surface area (Å²) in [5.41, 5.74) is 3.27. The third kappa shape index (κ3) is 3.65. The molecule has 0 N–H and O–H groups in total. The molecule has 1 aliphatic heterocycles. The van der Waals surface area contributed by atoms with E-state index in [9.17, 15) is 8.42 Å². The van der Waals surface area contributed by atoms with Crippen LogP contribution in [0.5, 0.6) is 0 Å². The molecule has 3 aromatic rings. The van der Waals surface area contributed by atoms with Crippen LogP contribution in [0.4, 0.5) is 0 Å². The van der Waals surface area contributed by atoms with Crippen molar-refractivity contribution >= 4 is 36.8 Å². The van der Waals surface area contributed by atoms with Crippen LogP contribution in [0, 0.1) is 5.92 Å². The maximum Gasteiger partial charge on any atom is 0.150 e. The van der Waals surface area contributed by atoms with Crippen LogP contribution < -0.4 is 0 Å². The lowest BCUT2D eigenvalue weighted by Gasteiger charge is -2.12. The fourth-order valence-corrected chi connectivity index (χ4v) is 5.65. The molecule has 0 amide bonds. The van der Waals surface area contributed by atoms with Crippen molar-refractivity contribution in [2.24, 2.45) is 5.92 Å². The van der Waals surface area contributed by atoms with Gasteiger partial charge in [-0.25, -0.2) is 13.4 Å². The molecule has 1 atom stereocenters. The molecule has 130 valence electrons. The molecule has 1 fully saturated rings. The highest BCUT2D eigenvalue weighted by Gasteiger charge is 2.29. The smallest absolute Gasteiger partial charge is 0.150 e. The van der Waals surface area contributed by atoms with E-state index in [2.05, 4.69) is 38.7 Å². The number of imidazole rings is 1. The van der Waals surface area contributed by atoms with Crippen LogP contribution in [0.2, 0.25) is 0 Å². The van der Waals surface area contributed by atoms with E-state index in [4.69, 9.17) is 4.98 Å². The van der Waals surface area contributed by atoms with Gasteiger partial charge in [-0.05, 0) is 42.2 Å². The summed E-state index contributed by atoms with van der Waals surface area (Å²) < 4.78 is 26.8. The third-order valence-electron chi connectivity index (χ3n) is 4.79. The van der Waals surface area contributed by atoms with Gasteiger partial charge in [-0.3, -0.25) is 0 Å². The number of aromatic nitrogens is 2. The Morgan fingerprint density at radius 3 is 2.60 bits per heavy atom. The molecule has 25 heavy (non-hydrogen) atoms. The minimum Gasteiger partial charge on any atom is -0.323 e. The average molecular weight is 419 g/mol. The van der Waals surface area contributed by atoms with Crippen LogP contribution >= 0.6 is 15.9 Å². The molecule has 1 aromatic heterocycles. The molecule has 0 saturated carbocycles. The molecule has 0 aliphatic carbocycles. The Morgan fingerprint density at radius 2 is 1.88 bits per heavy atom. The Balaban J connectivity index is 1.69. The lowest BCUT2D eigenvalue weighted by Crippen LogP contribution is -2.12. The summed E-state index contributed by atoms with van der Waals surface area (Å²) in [5.74, 6) is 1.75. The Bertz CT molecular complexity index is 1010. The Kier molecular flexibility index (Phi) is 4.41. The number of para-hydroxylation sites is 2. The predicted octanol–water partition coefficient (Wildman–Crippen LogP) is 3.82. The normalized spacial score (nSPS) is 19.5.